The van der Waals surface area contributed by atoms with E-state index in [1.165, 1.54) is 0 Å². The topological polar surface area (TPSA) is 47.9 Å². The van der Waals surface area contributed by atoms with E-state index in [1.807, 2.05) is 6.92 Å². The van der Waals surface area contributed by atoms with Crippen LogP contribution in [0.5, 0.6) is 5.75 Å². The molecule has 16 heavy (non-hydrogen) atoms. The van der Waals surface area contributed by atoms with E-state index in [2.05, 4.69) is 15.0 Å². The van der Waals surface area contributed by atoms with Crippen molar-refractivity contribution >= 4 is 11.6 Å². The molecule has 0 atom stereocenters. The summed E-state index contributed by atoms with van der Waals surface area (Å²) >= 11 is 5.86. The van der Waals surface area contributed by atoms with Gasteiger partial charge in [0.15, 0.2) is 5.82 Å². The molecule has 2 rings (SSSR count). The average molecular weight is 236 g/mol. The number of aryl methyl sites for hydroxylation is 1. The molecule has 0 radical (unpaired) electrons. The number of rotatable bonds is 2. The van der Waals surface area contributed by atoms with Gasteiger partial charge in [0, 0.05) is 18.0 Å². The van der Waals surface area contributed by atoms with Crippen molar-refractivity contribution in [3.63, 3.8) is 0 Å². The first kappa shape index (κ1) is 10.8. The highest BCUT2D eigenvalue weighted by Crippen LogP contribution is 2.19. The predicted octanol–water partition coefficient (Wildman–Crippen LogP) is 2.51. The van der Waals surface area contributed by atoms with Gasteiger partial charge in [-0.2, -0.15) is 0 Å². The molecule has 82 valence electrons. The molecule has 0 spiro atoms. The lowest BCUT2D eigenvalue weighted by Crippen LogP contribution is -1.95. The Morgan fingerprint density at radius 2 is 2.06 bits per heavy atom. The molecule has 2 heterocycles. The van der Waals surface area contributed by atoms with Crippen LogP contribution in [-0.4, -0.2) is 22.1 Å². The maximum Gasteiger partial charge on any atom is 0.179 e. The van der Waals surface area contributed by atoms with Crippen LogP contribution < -0.4 is 4.74 Å². The van der Waals surface area contributed by atoms with Gasteiger partial charge >= 0.3 is 0 Å². The van der Waals surface area contributed by atoms with Crippen LogP contribution in [0, 0.1) is 6.92 Å². The van der Waals surface area contributed by atoms with Crippen molar-refractivity contribution in [2.45, 2.75) is 6.92 Å². The molecule has 5 heteroatoms. The van der Waals surface area contributed by atoms with Crippen LogP contribution in [-0.2, 0) is 0 Å². The smallest absolute Gasteiger partial charge is 0.179 e. The molecule has 0 aliphatic heterocycles. The molecule has 0 unspecified atom stereocenters. The van der Waals surface area contributed by atoms with Gasteiger partial charge in [0.1, 0.15) is 16.6 Å². The second-order valence-electron chi connectivity index (χ2n) is 3.24. The van der Waals surface area contributed by atoms with Crippen molar-refractivity contribution in [2.75, 3.05) is 7.11 Å². The molecule has 2 aromatic rings. The van der Waals surface area contributed by atoms with Crippen LogP contribution in [0.15, 0.2) is 24.4 Å². The zero-order valence-electron chi connectivity index (χ0n) is 8.94. The molecule has 2 aromatic heterocycles. The predicted molar refractivity (Wildman–Crippen MR) is 61.6 cm³/mol. The van der Waals surface area contributed by atoms with Gasteiger partial charge in [0.25, 0.3) is 0 Å². The Labute approximate surface area is 98.3 Å². The summed E-state index contributed by atoms with van der Waals surface area (Å²) in [6, 6.07) is 5.23. The second-order valence-corrected chi connectivity index (χ2v) is 3.62. The van der Waals surface area contributed by atoms with Crippen molar-refractivity contribution in [1.29, 1.82) is 0 Å². The van der Waals surface area contributed by atoms with E-state index in [-0.39, 0.29) is 0 Å². The fourth-order valence-corrected chi connectivity index (χ4v) is 1.54. The fourth-order valence-electron chi connectivity index (χ4n) is 1.31. The highest BCUT2D eigenvalue weighted by Gasteiger charge is 2.06. The molecular weight excluding hydrogens is 226 g/mol. The van der Waals surface area contributed by atoms with Crippen molar-refractivity contribution in [1.82, 2.24) is 15.0 Å². The summed E-state index contributed by atoms with van der Waals surface area (Å²) < 4.78 is 5.11. The second kappa shape index (κ2) is 4.45. The highest BCUT2D eigenvalue weighted by molar-refractivity contribution is 6.29. The van der Waals surface area contributed by atoms with Crippen molar-refractivity contribution in [3.05, 3.63) is 35.2 Å². The number of pyridine rings is 1. The molecule has 0 aliphatic carbocycles. The van der Waals surface area contributed by atoms with Gasteiger partial charge in [-0.1, -0.05) is 11.6 Å². The average Bonchev–Trinajstić information content (AvgIpc) is 2.28. The van der Waals surface area contributed by atoms with Crippen LogP contribution in [0.25, 0.3) is 11.5 Å². The van der Waals surface area contributed by atoms with Gasteiger partial charge in [0.05, 0.1) is 7.11 Å². The standard InChI is InChI=1S/C11H10ClN3O/c1-7-5-10(12)15-11(14-7)9-6-8(16-2)3-4-13-9/h3-6H,1-2H3. The Morgan fingerprint density at radius 1 is 1.25 bits per heavy atom. The number of nitrogens with zero attached hydrogens (tertiary/aromatic N) is 3. The Bertz CT molecular complexity index is 496. The van der Waals surface area contributed by atoms with Crippen molar-refractivity contribution in [2.24, 2.45) is 0 Å². The largest absolute Gasteiger partial charge is 0.497 e. The number of ether oxygens (including phenoxy) is 1. The molecule has 0 fully saturated rings. The van der Waals surface area contributed by atoms with E-state index in [1.54, 1.807) is 31.5 Å². The van der Waals surface area contributed by atoms with E-state index in [0.717, 1.165) is 5.69 Å². The van der Waals surface area contributed by atoms with Gasteiger partial charge in [-0.15, -0.1) is 0 Å². The minimum Gasteiger partial charge on any atom is -0.497 e. The maximum absolute atomic E-state index is 5.86. The molecule has 0 bridgehead atoms. The zero-order chi connectivity index (χ0) is 11.5. The van der Waals surface area contributed by atoms with Gasteiger partial charge < -0.3 is 4.74 Å². The van der Waals surface area contributed by atoms with E-state index in [4.69, 9.17) is 16.3 Å². The molecule has 0 aromatic carbocycles. The minimum absolute atomic E-state index is 0.409. The van der Waals surface area contributed by atoms with E-state index < -0.39 is 0 Å². The van der Waals surface area contributed by atoms with Crippen LogP contribution in [0.2, 0.25) is 5.15 Å². The summed E-state index contributed by atoms with van der Waals surface area (Å²) in [7, 11) is 1.60. The lowest BCUT2D eigenvalue weighted by atomic mass is 10.3. The van der Waals surface area contributed by atoms with E-state index in [0.29, 0.717) is 22.4 Å². The SMILES string of the molecule is COc1ccnc(-c2nc(C)cc(Cl)n2)c1. The van der Waals surface area contributed by atoms with Gasteiger partial charge in [0.2, 0.25) is 0 Å². The Kier molecular flexibility index (Phi) is 3.01. The molecule has 0 saturated heterocycles. The molecule has 4 nitrogen and oxygen atoms in total. The number of hydrogen-bond acceptors (Lipinski definition) is 4. The summed E-state index contributed by atoms with van der Waals surface area (Å²) in [4.78, 5) is 12.6. The van der Waals surface area contributed by atoms with E-state index >= 15 is 0 Å². The normalized spacial score (nSPS) is 10.2. The molecule has 0 saturated carbocycles. The van der Waals surface area contributed by atoms with Gasteiger partial charge in [-0.25, -0.2) is 9.97 Å². The third-order valence-corrected chi connectivity index (χ3v) is 2.21. The lowest BCUT2D eigenvalue weighted by Gasteiger charge is -2.03. The van der Waals surface area contributed by atoms with Crippen molar-refractivity contribution < 1.29 is 4.74 Å². The molecule has 0 amide bonds. The van der Waals surface area contributed by atoms with Crippen LogP contribution in [0.3, 0.4) is 0 Å². The number of methoxy groups -OCH3 is 1. The lowest BCUT2D eigenvalue weighted by molar-refractivity contribution is 0.414. The first-order chi connectivity index (χ1) is 7.69. The van der Waals surface area contributed by atoms with Crippen LogP contribution >= 0.6 is 11.6 Å². The number of aromatic nitrogens is 3. The van der Waals surface area contributed by atoms with Crippen molar-refractivity contribution in [3.8, 4) is 17.3 Å². The summed E-state index contributed by atoms with van der Waals surface area (Å²) in [5.41, 5.74) is 1.45. The van der Waals surface area contributed by atoms with Gasteiger partial charge in [-0.05, 0) is 19.1 Å². The monoisotopic (exact) mass is 235 g/mol. The van der Waals surface area contributed by atoms with Crippen LogP contribution in [0.1, 0.15) is 5.69 Å². The number of hydrogen-bond donors (Lipinski definition) is 0. The van der Waals surface area contributed by atoms with Gasteiger partial charge in [-0.3, -0.25) is 4.98 Å². The van der Waals surface area contributed by atoms with E-state index in [9.17, 15) is 0 Å². The summed E-state index contributed by atoms with van der Waals surface area (Å²) in [5.74, 6) is 1.22. The summed E-state index contributed by atoms with van der Waals surface area (Å²) in [6.45, 7) is 1.86. The maximum atomic E-state index is 5.86. The minimum atomic E-state index is 0.409. The fraction of sp³-hybridized carbons (Fsp3) is 0.182. The molecular formula is C11H10ClN3O. The van der Waals surface area contributed by atoms with Crippen LogP contribution in [0.4, 0.5) is 0 Å². The summed E-state index contributed by atoms with van der Waals surface area (Å²) in [5, 5.41) is 0.409. The Balaban J connectivity index is 2.49. The third-order valence-electron chi connectivity index (χ3n) is 2.02. The highest BCUT2D eigenvalue weighted by atomic mass is 35.5. The first-order valence-corrected chi connectivity index (χ1v) is 5.08. The first-order valence-electron chi connectivity index (χ1n) is 4.70. The quantitative estimate of drug-likeness (QED) is 0.751. The zero-order valence-corrected chi connectivity index (χ0v) is 9.69. The third kappa shape index (κ3) is 2.28. The number of halogens is 1. The molecule has 0 aliphatic rings. The molecule has 0 N–H and O–H groups in total. The Hall–Kier alpha value is -1.68. The summed E-state index contributed by atoms with van der Waals surface area (Å²) in [6.07, 6.45) is 1.65. The Morgan fingerprint density at radius 3 is 2.75 bits per heavy atom.